The third-order valence-corrected chi connectivity index (χ3v) is 0.970. The van der Waals surface area contributed by atoms with Crippen molar-refractivity contribution in [3.05, 3.63) is 0 Å². The van der Waals surface area contributed by atoms with E-state index < -0.39 is 0 Å². The van der Waals surface area contributed by atoms with Crippen LogP contribution in [0.15, 0.2) is 0 Å². The molecule has 0 aliphatic rings. The lowest BCUT2D eigenvalue weighted by atomic mass is 10.4. The van der Waals surface area contributed by atoms with E-state index in [1.54, 1.807) is 0 Å². The minimum Gasteiger partial charge on any atom is -0.110 e. The van der Waals surface area contributed by atoms with Gasteiger partial charge in [0.25, 0.3) is 0 Å². The smallest absolute Gasteiger partial charge is 0.0892 e. The van der Waals surface area contributed by atoms with Crippen molar-refractivity contribution in [1.29, 1.82) is 0 Å². The molecule has 0 fully saturated rings. The van der Waals surface area contributed by atoms with E-state index >= 15 is 0 Å². The van der Waals surface area contributed by atoms with E-state index in [0.717, 1.165) is 12.8 Å². The van der Waals surface area contributed by atoms with Crippen molar-refractivity contribution in [2.75, 3.05) is 0 Å². The first-order chi connectivity index (χ1) is 2.77. The van der Waals surface area contributed by atoms with E-state index in [0.29, 0.717) is 0 Å². The normalized spacial score (nSPS) is 14.5. The van der Waals surface area contributed by atoms with E-state index in [-0.39, 0.29) is 4.71 Å². The lowest BCUT2D eigenvalue weighted by Gasteiger charge is -1.91. The maximum Gasteiger partial charge on any atom is 0.0892 e. The summed E-state index contributed by atoms with van der Waals surface area (Å²) in [6, 6.07) is 0. The maximum absolute atomic E-state index is 5.39. The van der Waals surface area contributed by atoms with Gasteiger partial charge < -0.3 is 0 Å². The molecule has 37 valence electrons. The number of rotatable bonds is 2. The molecule has 1 radical (unpaired) electrons. The van der Waals surface area contributed by atoms with Crippen LogP contribution in [0.5, 0.6) is 0 Å². The summed E-state index contributed by atoms with van der Waals surface area (Å²) in [4.78, 5) is 0. The van der Waals surface area contributed by atoms with Crippen LogP contribution in [0.3, 0.4) is 0 Å². The van der Waals surface area contributed by atoms with Gasteiger partial charge >= 0.3 is 0 Å². The molecule has 1 unspecified atom stereocenters. The third-order valence-electron chi connectivity index (χ3n) is 0.516. The van der Waals surface area contributed by atoms with Gasteiger partial charge in [0.1, 0.15) is 0 Å². The highest BCUT2D eigenvalue weighted by molar-refractivity contribution is 7.82. The molecule has 2 heteroatoms. The van der Waals surface area contributed by atoms with Gasteiger partial charge in [-0.1, -0.05) is 26.0 Å². The Morgan fingerprint density at radius 2 is 2.33 bits per heavy atom. The number of alkyl halides is 1. The molecule has 0 bridgehead atoms. The van der Waals surface area contributed by atoms with Crippen LogP contribution >= 0.6 is 24.2 Å². The van der Waals surface area contributed by atoms with Crippen molar-refractivity contribution < 1.29 is 0 Å². The maximum atomic E-state index is 5.39. The topological polar surface area (TPSA) is 0 Å². The zero-order chi connectivity index (χ0) is 4.99. The Balaban J connectivity index is 2.63. The summed E-state index contributed by atoms with van der Waals surface area (Å²) < 4.78 is -0.0463. The first kappa shape index (κ1) is 6.64. The summed E-state index contributed by atoms with van der Waals surface area (Å²) in [5, 5.41) is 0. The highest BCUT2D eigenvalue weighted by atomic mass is 35.5. The average Bonchev–Trinajstić information content (AvgIpc) is 1.35. The Morgan fingerprint density at radius 3 is 2.33 bits per heavy atom. The predicted molar refractivity (Wildman–Crippen MR) is 32.1 cm³/mol. The molecular formula is C4H8ClS. The van der Waals surface area contributed by atoms with Gasteiger partial charge in [0.2, 0.25) is 0 Å². The largest absolute Gasteiger partial charge is 0.110 e. The molecule has 0 nitrogen and oxygen atoms in total. The molecular weight excluding hydrogens is 116 g/mol. The highest BCUT2D eigenvalue weighted by Gasteiger charge is 1.90. The molecule has 0 saturated carbocycles. The van der Waals surface area contributed by atoms with Crippen LogP contribution in [-0.4, -0.2) is 4.71 Å². The molecule has 0 aromatic rings. The van der Waals surface area contributed by atoms with E-state index in [1.807, 2.05) is 0 Å². The van der Waals surface area contributed by atoms with Gasteiger partial charge in [-0.15, -0.1) is 11.6 Å². The van der Waals surface area contributed by atoms with Crippen LogP contribution in [0.2, 0.25) is 0 Å². The lowest BCUT2D eigenvalue weighted by molar-refractivity contribution is 0.868. The molecule has 0 heterocycles. The Hall–Kier alpha value is 0.640. The Morgan fingerprint density at radius 1 is 1.83 bits per heavy atom. The van der Waals surface area contributed by atoms with E-state index in [9.17, 15) is 0 Å². The highest BCUT2D eigenvalue weighted by Crippen LogP contribution is 2.06. The summed E-state index contributed by atoms with van der Waals surface area (Å²) in [6.45, 7) is 2.07. The standard InChI is InChI=1S/C4H8ClS/c1-2-3-4(5)6/h4H,2-3H2,1H3. The predicted octanol–water partition coefficient (Wildman–Crippen LogP) is 2.55. The van der Waals surface area contributed by atoms with Crippen LogP contribution in [0.4, 0.5) is 0 Å². The van der Waals surface area contributed by atoms with Crippen LogP contribution in [0.25, 0.3) is 0 Å². The van der Waals surface area contributed by atoms with Crippen LogP contribution in [-0.2, 0) is 0 Å². The number of hydrogen-bond acceptors (Lipinski definition) is 0. The minimum atomic E-state index is -0.0463. The molecule has 6 heavy (non-hydrogen) atoms. The van der Waals surface area contributed by atoms with Crippen molar-refractivity contribution in [2.45, 2.75) is 24.5 Å². The molecule has 1 atom stereocenters. The van der Waals surface area contributed by atoms with Gasteiger partial charge in [-0.2, -0.15) is 0 Å². The molecule has 0 N–H and O–H groups in total. The Bertz CT molecular complexity index is 28.7. The summed E-state index contributed by atoms with van der Waals surface area (Å²) in [5.41, 5.74) is 0. The second-order valence-corrected chi connectivity index (χ2v) is 2.55. The van der Waals surface area contributed by atoms with Crippen molar-refractivity contribution >= 4 is 24.2 Å². The van der Waals surface area contributed by atoms with Gasteiger partial charge in [0.05, 0.1) is 4.71 Å². The Kier molecular flexibility index (Phi) is 4.22. The molecule has 0 saturated heterocycles. The first-order valence-corrected chi connectivity index (χ1v) is 2.98. The van der Waals surface area contributed by atoms with Crippen molar-refractivity contribution in [2.24, 2.45) is 0 Å². The zero-order valence-electron chi connectivity index (χ0n) is 3.78. The van der Waals surface area contributed by atoms with Crippen LogP contribution in [0, 0.1) is 0 Å². The van der Waals surface area contributed by atoms with Crippen molar-refractivity contribution in [3.8, 4) is 0 Å². The number of hydrogen-bond donors (Lipinski definition) is 0. The fourth-order valence-electron chi connectivity index (χ4n) is 0.227. The molecule has 0 spiro atoms. The van der Waals surface area contributed by atoms with Crippen molar-refractivity contribution in [1.82, 2.24) is 0 Å². The van der Waals surface area contributed by atoms with Crippen molar-refractivity contribution in [3.63, 3.8) is 0 Å². The quantitative estimate of drug-likeness (QED) is 0.495. The SMILES string of the molecule is CCCC([S])Cl. The monoisotopic (exact) mass is 123 g/mol. The minimum absolute atomic E-state index is 0.0463. The van der Waals surface area contributed by atoms with E-state index in [2.05, 4.69) is 19.6 Å². The summed E-state index contributed by atoms with van der Waals surface area (Å²) in [7, 11) is 0. The third kappa shape index (κ3) is 4.64. The summed E-state index contributed by atoms with van der Waals surface area (Å²) in [5.74, 6) is 0. The second kappa shape index (κ2) is 3.82. The van der Waals surface area contributed by atoms with E-state index in [4.69, 9.17) is 11.6 Å². The van der Waals surface area contributed by atoms with Gasteiger partial charge in [-0.25, -0.2) is 0 Å². The van der Waals surface area contributed by atoms with E-state index in [1.165, 1.54) is 0 Å². The van der Waals surface area contributed by atoms with Gasteiger partial charge in [0, 0.05) is 0 Å². The molecule has 0 aliphatic carbocycles. The molecule has 0 aliphatic heterocycles. The summed E-state index contributed by atoms with van der Waals surface area (Å²) >= 11 is 10.0. The van der Waals surface area contributed by atoms with Crippen LogP contribution < -0.4 is 0 Å². The zero-order valence-corrected chi connectivity index (χ0v) is 5.35. The van der Waals surface area contributed by atoms with Gasteiger partial charge in [-0.3, -0.25) is 0 Å². The molecule has 0 aromatic carbocycles. The average molecular weight is 124 g/mol. The fraction of sp³-hybridized carbons (Fsp3) is 1.00. The second-order valence-electron chi connectivity index (χ2n) is 1.20. The number of halogens is 1. The fourth-order valence-corrected chi connectivity index (χ4v) is 0.681. The van der Waals surface area contributed by atoms with Gasteiger partial charge in [0.15, 0.2) is 0 Å². The Labute approximate surface area is 49.3 Å². The lowest BCUT2D eigenvalue weighted by Crippen LogP contribution is -1.81. The van der Waals surface area contributed by atoms with Crippen LogP contribution in [0.1, 0.15) is 19.8 Å². The first-order valence-electron chi connectivity index (χ1n) is 2.07. The van der Waals surface area contributed by atoms with Gasteiger partial charge in [-0.05, 0) is 6.42 Å². The molecule has 0 aromatic heterocycles. The molecule has 0 rings (SSSR count). The summed E-state index contributed by atoms with van der Waals surface area (Å²) in [6.07, 6.45) is 2.05. The molecule has 0 amide bonds.